The summed E-state index contributed by atoms with van der Waals surface area (Å²) in [5, 5.41) is 0. The average molecular weight is 365 g/mol. The van der Waals surface area contributed by atoms with Crippen LogP contribution in [-0.2, 0) is 9.53 Å². The Morgan fingerprint density at radius 3 is 2.56 bits per heavy atom. The van der Waals surface area contributed by atoms with Crippen LogP contribution in [0.3, 0.4) is 0 Å². The molecule has 1 saturated heterocycles. The minimum absolute atomic E-state index is 0.00790. The summed E-state index contributed by atoms with van der Waals surface area (Å²) in [6.07, 6.45) is 1.32. The number of hydrogen-bond acceptors (Lipinski definition) is 3. The summed E-state index contributed by atoms with van der Waals surface area (Å²) in [5.41, 5.74) is -0.555. The van der Waals surface area contributed by atoms with Gasteiger partial charge < -0.3 is 4.74 Å². The molecule has 2 fully saturated rings. The lowest BCUT2D eigenvalue weighted by molar-refractivity contribution is -0.131. The second-order valence-corrected chi connectivity index (χ2v) is 7.93. The van der Waals surface area contributed by atoms with Crippen LogP contribution >= 0.6 is 22.6 Å². The molecule has 4 atom stereocenters. The summed E-state index contributed by atoms with van der Waals surface area (Å²) < 4.78 is 5.69. The first-order chi connectivity index (χ1) is 8.20. The van der Waals surface area contributed by atoms with E-state index in [0.717, 1.165) is 12.8 Å². The van der Waals surface area contributed by atoms with Crippen LogP contribution in [0.5, 0.6) is 0 Å². The third-order valence-electron chi connectivity index (χ3n) is 3.67. The number of carbonyl (C=O) groups is 2. The van der Waals surface area contributed by atoms with E-state index in [-0.39, 0.29) is 17.9 Å². The van der Waals surface area contributed by atoms with Crippen LogP contribution in [0.4, 0.5) is 4.79 Å². The summed E-state index contributed by atoms with van der Waals surface area (Å²) in [7, 11) is 0. The molecule has 0 N–H and O–H groups in total. The molecule has 0 unspecified atom stereocenters. The molecule has 102 valence electrons. The Kier molecular flexibility index (Phi) is 3.64. The summed E-state index contributed by atoms with van der Waals surface area (Å²) in [6.45, 7) is 7.56. The van der Waals surface area contributed by atoms with Gasteiger partial charge in [-0.1, -0.05) is 29.5 Å². The second kappa shape index (κ2) is 4.65. The highest BCUT2D eigenvalue weighted by Gasteiger charge is 2.52. The van der Waals surface area contributed by atoms with E-state index in [1.54, 1.807) is 0 Å². The van der Waals surface area contributed by atoms with E-state index in [1.807, 2.05) is 20.8 Å². The van der Waals surface area contributed by atoms with Crippen molar-refractivity contribution in [3.05, 3.63) is 0 Å². The minimum Gasteiger partial charge on any atom is -0.443 e. The first-order valence-corrected chi connectivity index (χ1v) is 7.65. The van der Waals surface area contributed by atoms with Gasteiger partial charge in [-0.2, -0.15) is 0 Å². The molecule has 0 aromatic rings. The first kappa shape index (κ1) is 14.1. The van der Waals surface area contributed by atoms with Gasteiger partial charge in [0.25, 0.3) is 0 Å². The molecular weight excluding hydrogens is 345 g/mol. The van der Waals surface area contributed by atoms with Crippen LogP contribution in [0, 0.1) is 11.8 Å². The number of fused-ring (bicyclic) bond motifs is 2. The maximum absolute atomic E-state index is 12.3. The molecule has 0 aromatic heterocycles. The molecule has 2 aliphatic rings. The Morgan fingerprint density at radius 1 is 1.39 bits per heavy atom. The molecule has 0 radical (unpaired) electrons. The number of alkyl halides is 1. The fraction of sp³-hybridized carbons (Fsp3) is 0.846. The zero-order valence-corrected chi connectivity index (χ0v) is 13.4. The van der Waals surface area contributed by atoms with Gasteiger partial charge in [-0.15, -0.1) is 0 Å². The quantitative estimate of drug-likeness (QED) is 0.490. The van der Waals surface area contributed by atoms with Gasteiger partial charge in [0.1, 0.15) is 5.60 Å². The van der Waals surface area contributed by atoms with Gasteiger partial charge in [-0.3, -0.25) is 4.79 Å². The molecule has 0 aromatic carbocycles. The summed E-state index contributed by atoms with van der Waals surface area (Å²) in [5.74, 6) is 0.331. The summed E-state index contributed by atoms with van der Waals surface area (Å²) in [4.78, 5) is 25.8. The van der Waals surface area contributed by atoms with Crippen molar-refractivity contribution in [1.29, 1.82) is 0 Å². The Morgan fingerprint density at radius 2 is 2.00 bits per heavy atom. The number of hydrogen-bond donors (Lipinski definition) is 0. The van der Waals surface area contributed by atoms with Crippen LogP contribution in [0.25, 0.3) is 0 Å². The molecule has 1 aliphatic heterocycles. The number of amides is 2. The number of rotatable bonds is 0. The van der Waals surface area contributed by atoms with E-state index in [1.165, 1.54) is 4.90 Å². The SMILES string of the molecule is C[C@H]1C[C@H](I)[C@@H]2C[C@@H]1C(=O)N2C(=O)OC(C)(C)C. The van der Waals surface area contributed by atoms with Crippen LogP contribution in [0.15, 0.2) is 0 Å². The van der Waals surface area contributed by atoms with Crippen LogP contribution < -0.4 is 0 Å². The van der Waals surface area contributed by atoms with Gasteiger partial charge in [-0.25, -0.2) is 9.69 Å². The maximum Gasteiger partial charge on any atom is 0.417 e. The predicted octanol–water partition coefficient (Wildman–Crippen LogP) is 2.98. The van der Waals surface area contributed by atoms with Crippen molar-refractivity contribution in [3.63, 3.8) is 0 Å². The van der Waals surface area contributed by atoms with Crippen LogP contribution in [0.1, 0.15) is 40.5 Å². The van der Waals surface area contributed by atoms with Gasteiger partial charge in [-0.05, 0) is 39.5 Å². The van der Waals surface area contributed by atoms with Crippen molar-refractivity contribution in [1.82, 2.24) is 4.90 Å². The van der Waals surface area contributed by atoms with E-state index in [4.69, 9.17) is 4.74 Å². The number of halogens is 1. The van der Waals surface area contributed by atoms with Crippen molar-refractivity contribution in [2.45, 2.75) is 56.1 Å². The number of ether oxygens (including phenoxy) is 1. The zero-order chi connectivity index (χ0) is 13.7. The molecule has 2 amide bonds. The Balaban J connectivity index is 2.18. The number of carbonyl (C=O) groups excluding carboxylic acids is 2. The lowest BCUT2D eigenvalue weighted by atomic mass is 9.81. The van der Waals surface area contributed by atoms with E-state index >= 15 is 0 Å². The average Bonchev–Trinajstić information content (AvgIpc) is 2.48. The molecule has 5 heteroatoms. The Bertz CT molecular complexity index is 377. The van der Waals surface area contributed by atoms with Gasteiger partial charge in [0.05, 0.1) is 6.04 Å². The third kappa shape index (κ3) is 2.51. The Labute approximate surface area is 122 Å². The second-order valence-electron chi connectivity index (χ2n) is 6.33. The highest BCUT2D eigenvalue weighted by atomic mass is 127. The fourth-order valence-corrected chi connectivity index (χ4v) is 4.22. The van der Waals surface area contributed by atoms with E-state index in [9.17, 15) is 9.59 Å². The summed E-state index contributed by atoms with van der Waals surface area (Å²) in [6, 6.07) is 0.0224. The topological polar surface area (TPSA) is 46.6 Å². The standard InChI is InChI=1S/C13H20INO3/c1-7-5-9(14)10-6-8(7)11(16)15(10)12(17)18-13(2,3)4/h7-10H,5-6H2,1-4H3/t7-,8-,9-,10-/m0/s1. The van der Waals surface area contributed by atoms with Crippen molar-refractivity contribution in [2.75, 3.05) is 0 Å². The largest absolute Gasteiger partial charge is 0.443 e. The molecule has 1 heterocycles. The van der Waals surface area contributed by atoms with Crippen LogP contribution in [-0.4, -0.2) is 32.5 Å². The van der Waals surface area contributed by atoms with Gasteiger partial charge in [0, 0.05) is 9.84 Å². The molecule has 1 aliphatic carbocycles. The Hall–Kier alpha value is -0.330. The smallest absolute Gasteiger partial charge is 0.417 e. The van der Waals surface area contributed by atoms with Gasteiger partial charge in [0.2, 0.25) is 5.91 Å². The molecule has 1 saturated carbocycles. The van der Waals surface area contributed by atoms with E-state index < -0.39 is 11.7 Å². The van der Waals surface area contributed by atoms with Gasteiger partial charge in [0.15, 0.2) is 0 Å². The molecular formula is C13H20INO3. The highest BCUT2D eigenvalue weighted by Crippen LogP contribution is 2.43. The molecule has 0 spiro atoms. The molecule has 2 bridgehead atoms. The first-order valence-electron chi connectivity index (χ1n) is 6.41. The molecule has 18 heavy (non-hydrogen) atoms. The fourth-order valence-electron chi connectivity index (χ4n) is 2.81. The zero-order valence-electron chi connectivity index (χ0n) is 11.3. The lowest BCUT2D eigenvalue weighted by Crippen LogP contribution is -2.45. The van der Waals surface area contributed by atoms with Crippen molar-refractivity contribution in [2.24, 2.45) is 11.8 Å². The maximum atomic E-state index is 12.3. The van der Waals surface area contributed by atoms with Crippen molar-refractivity contribution < 1.29 is 14.3 Å². The van der Waals surface area contributed by atoms with Crippen molar-refractivity contribution in [3.8, 4) is 0 Å². The van der Waals surface area contributed by atoms with Gasteiger partial charge >= 0.3 is 6.09 Å². The normalized spacial score (nSPS) is 35.8. The highest BCUT2D eigenvalue weighted by molar-refractivity contribution is 14.1. The number of nitrogens with zero attached hydrogens (tertiary/aromatic N) is 1. The third-order valence-corrected chi connectivity index (χ3v) is 5.01. The monoisotopic (exact) mass is 365 g/mol. The van der Waals surface area contributed by atoms with E-state index in [2.05, 4.69) is 29.5 Å². The van der Waals surface area contributed by atoms with Crippen LogP contribution in [0.2, 0.25) is 0 Å². The molecule has 2 rings (SSSR count). The number of likely N-dealkylation sites (tertiary alicyclic amines) is 1. The molecule has 4 nitrogen and oxygen atoms in total. The van der Waals surface area contributed by atoms with E-state index in [0.29, 0.717) is 9.84 Å². The predicted molar refractivity (Wildman–Crippen MR) is 76.6 cm³/mol. The minimum atomic E-state index is -0.555. The lowest BCUT2D eigenvalue weighted by Gasteiger charge is -2.31. The van der Waals surface area contributed by atoms with Crippen molar-refractivity contribution >= 4 is 34.6 Å². The number of imide groups is 1. The summed E-state index contributed by atoms with van der Waals surface area (Å²) >= 11 is 2.35.